The molecule has 2 aromatic rings. The average Bonchev–Trinajstić information content (AvgIpc) is 3.09. The van der Waals surface area contributed by atoms with Crippen molar-refractivity contribution in [2.45, 2.75) is 12.8 Å². The molecule has 0 unspecified atom stereocenters. The van der Waals surface area contributed by atoms with Gasteiger partial charge in [0.2, 0.25) is 0 Å². The van der Waals surface area contributed by atoms with Gasteiger partial charge in [-0.25, -0.2) is 0 Å². The number of piperazine rings is 1. The highest BCUT2D eigenvalue weighted by Crippen LogP contribution is 2.13. The van der Waals surface area contributed by atoms with E-state index in [1.807, 2.05) is 23.1 Å². The Morgan fingerprint density at radius 1 is 1.12 bits per heavy atom. The summed E-state index contributed by atoms with van der Waals surface area (Å²) in [6.45, 7) is 4.41. The highest BCUT2D eigenvalue weighted by molar-refractivity contribution is 6.30. The number of rotatable bonds is 5. The summed E-state index contributed by atoms with van der Waals surface area (Å²) in [6.07, 6.45) is 3.68. The first-order chi connectivity index (χ1) is 11.2. The lowest BCUT2D eigenvalue weighted by molar-refractivity contribution is 0.0605. The van der Waals surface area contributed by atoms with Crippen LogP contribution in [0.25, 0.3) is 0 Å². The van der Waals surface area contributed by atoms with Crippen LogP contribution in [0.3, 0.4) is 0 Å². The zero-order valence-electron chi connectivity index (χ0n) is 13.5. The number of nitrogens with zero attached hydrogens (tertiary/aromatic N) is 2. The second-order valence-corrected chi connectivity index (χ2v) is 6.28. The molecule has 1 aromatic carbocycles. The van der Waals surface area contributed by atoms with Crippen LogP contribution < -0.4 is 0 Å². The highest BCUT2D eigenvalue weighted by Gasteiger charge is 2.23. The fourth-order valence-corrected chi connectivity index (χ4v) is 3.14. The maximum atomic E-state index is 12.2. The van der Waals surface area contributed by atoms with Gasteiger partial charge in [-0.05, 0) is 49.2 Å². The van der Waals surface area contributed by atoms with E-state index in [0.29, 0.717) is 5.76 Å². The van der Waals surface area contributed by atoms with Gasteiger partial charge < -0.3 is 9.32 Å². The molecule has 24 heavy (non-hydrogen) atoms. The van der Waals surface area contributed by atoms with Gasteiger partial charge in [0.15, 0.2) is 5.76 Å². The highest BCUT2D eigenvalue weighted by atomic mass is 35.5. The normalized spacial score (nSPS) is 15.1. The molecular weight excluding hydrogens is 347 g/mol. The molecule has 0 radical (unpaired) electrons. The summed E-state index contributed by atoms with van der Waals surface area (Å²) in [5, 5.41) is 0.799. The molecule has 2 heterocycles. The first-order valence-electron chi connectivity index (χ1n) is 8.02. The number of hydrogen-bond donors (Lipinski definition) is 0. The summed E-state index contributed by atoms with van der Waals surface area (Å²) in [5.41, 5.74) is 1.28. The molecule has 6 heteroatoms. The van der Waals surface area contributed by atoms with E-state index in [1.165, 1.54) is 5.56 Å². The van der Waals surface area contributed by atoms with Crippen molar-refractivity contribution < 1.29 is 9.21 Å². The van der Waals surface area contributed by atoms with Gasteiger partial charge in [-0.3, -0.25) is 9.69 Å². The third kappa shape index (κ3) is 5.00. The van der Waals surface area contributed by atoms with E-state index in [-0.39, 0.29) is 18.3 Å². The van der Waals surface area contributed by atoms with Crippen LogP contribution in [0.5, 0.6) is 0 Å². The van der Waals surface area contributed by atoms with E-state index in [2.05, 4.69) is 11.0 Å². The average molecular weight is 369 g/mol. The number of benzene rings is 1. The van der Waals surface area contributed by atoms with Crippen LogP contribution in [0.2, 0.25) is 5.02 Å². The van der Waals surface area contributed by atoms with Crippen LogP contribution in [0.1, 0.15) is 22.5 Å². The number of furan rings is 1. The first kappa shape index (κ1) is 18.8. The van der Waals surface area contributed by atoms with E-state index < -0.39 is 0 Å². The van der Waals surface area contributed by atoms with E-state index >= 15 is 0 Å². The Labute approximate surface area is 153 Å². The Bertz CT molecular complexity index is 638. The Morgan fingerprint density at radius 2 is 1.92 bits per heavy atom. The van der Waals surface area contributed by atoms with Crippen molar-refractivity contribution in [1.82, 2.24) is 9.80 Å². The van der Waals surface area contributed by atoms with Gasteiger partial charge in [0.25, 0.3) is 5.91 Å². The monoisotopic (exact) mass is 368 g/mol. The summed E-state index contributed by atoms with van der Waals surface area (Å²) in [6, 6.07) is 11.5. The molecule has 0 N–H and O–H groups in total. The Morgan fingerprint density at radius 3 is 2.58 bits per heavy atom. The minimum absolute atomic E-state index is 0. The Balaban J connectivity index is 0.00000208. The minimum atomic E-state index is -0.00595. The summed E-state index contributed by atoms with van der Waals surface area (Å²) in [7, 11) is 0. The maximum Gasteiger partial charge on any atom is 0.289 e. The van der Waals surface area contributed by atoms with Crippen molar-refractivity contribution in [3.8, 4) is 0 Å². The first-order valence-corrected chi connectivity index (χ1v) is 8.40. The summed E-state index contributed by atoms with van der Waals surface area (Å²) in [5.74, 6) is 0.424. The van der Waals surface area contributed by atoms with Gasteiger partial charge in [-0.2, -0.15) is 0 Å². The molecule has 1 aromatic heterocycles. The zero-order valence-corrected chi connectivity index (χ0v) is 15.1. The molecule has 1 fully saturated rings. The van der Waals surface area contributed by atoms with Crippen LogP contribution in [0.15, 0.2) is 47.1 Å². The molecule has 1 saturated heterocycles. The Kier molecular flexibility index (Phi) is 7.16. The minimum Gasteiger partial charge on any atom is -0.459 e. The molecule has 0 saturated carbocycles. The smallest absolute Gasteiger partial charge is 0.289 e. The summed E-state index contributed by atoms with van der Waals surface area (Å²) < 4.78 is 5.18. The third-order valence-corrected chi connectivity index (χ3v) is 4.46. The molecule has 130 valence electrons. The molecule has 0 aliphatic carbocycles. The van der Waals surface area contributed by atoms with Crippen LogP contribution in [-0.2, 0) is 6.42 Å². The van der Waals surface area contributed by atoms with Gasteiger partial charge >= 0.3 is 0 Å². The number of halogens is 2. The molecule has 3 rings (SSSR count). The van der Waals surface area contributed by atoms with Crippen molar-refractivity contribution in [2.24, 2.45) is 0 Å². The predicted octanol–water partition coefficient (Wildman–Crippen LogP) is 3.75. The van der Waals surface area contributed by atoms with Crippen LogP contribution in [0.4, 0.5) is 0 Å². The van der Waals surface area contributed by atoms with Crippen LogP contribution in [-0.4, -0.2) is 48.4 Å². The Hall–Kier alpha value is -1.49. The topological polar surface area (TPSA) is 36.7 Å². The molecule has 1 aliphatic heterocycles. The van der Waals surface area contributed by atoms with Crippen LogP contribution >= 0.6 is 24.0 Å². The van der Waals surface area contributed by atoms with Crippen molar-refractivity contribution >= 4 is 29.9 Å². The molecular formula is C18H22Cl2N2O2. The van der Waals surface area contributed by atoms with Gasteiger partial charge in [-0.1, -0.05) is 23.7 Å². The zero-order chi connectivity index (χ0) is 16.1. The summed E-state index contributed by atoms with van der Waals surface area (Å²) in [4.78, 5) is 16.5. The molecule has 0 atom stereocenters. The lowest BCUT2D eigenvalue weighted by atomic mass is 10.1. The van der Waals surface area contributed by atoms with E-state index in [1.54, 1.807) is 18.4 Å². The van der Waals surface area contributed by atoms with Crippen molar-refractivity contribution in [1.29, 1.82) is 0 Å². The number of amides is 1. The van der Waals surface area contributed by atoms with Crippen LogP contribution in [0, 0.1) is 0 Å². The molecule has 0 bridgehead atoms. The quantitative estimate of drug-likeness (QED) is 0.806. The predicted molar refractivity (Wildman–Crippen MR) is 98.1 cm³/mol. The third-order valence-electron chi connectivity index (χ3n) is 4.22. The molecule has 4 nitrogen and oxygen atoms in total. The second-order valence-electron chi connectivity index (χ2n) is 5.84. The molecule has 1 aliphatic rings. The second kappa shape index (κ2) is 9.11. The molecule has 1 amide bonds. The summed E-state index contributed by atoms with van der Waals surface area (Å²) >= 11 is 6.00. The van der Waals surface area contributed by atoms with Crippen molar-refractivity contribution in [2.75, 3.05) is 32.7 Å². The van der Waals surface area contributed by atoms with Gasteiger partial charge in [0.1, 0.15) is 0 Å². The maximum absolute atomic E-state index is 12.2. The van der Waals surface area contributed by atoms with Gasteiger partial charge in [-0.15, -0.1) is 12.4 Å². The SMILES string of the molecule is Cl.O=C(c1ccco1)N1CCN(CCCc2cccc(Cl)c2)CC1. The number of carbonyl (C=O) groups excluding carboxylic acids is 1. The van der Waals surface area contributed by atoms with E-state index in [4.69, 9.17) is 16.0 Å². The lowest BCUT2D eigenvalue weighted by Gasteiger charge is -2.34. The number of carbonyl (C=O) groups is 1. The van der Waals surface area contributed by atoms with Gasteiger partial charge in [0.05, 0.1) is 6.26 Å². The van der Waals surface area contributed by atoms with E-state index in [0.717, 1.165) is 50.6 Å². The number of hydrogen-bond acceptors (Lipinski definition) is 3. The lowest BCUT2D eigenvalue weighted by Crippen LogP contribution is -2.48. The van der Waals surface area contributed by atoms with E-state index in [9.17, 15) is 4.79 Å². The fourth-order valence-electron chi connectivity index (χ4n) is 2.93. The van der Waals surface area contributed by atoms with Gasteiger partial charge in [0, 0.05) is 31.2 Å². The number of aryl methyl sites for hydroxylation is 1. The standard InChI is InChI=1S/C18H21ClN2O2.ClH/c19-16-6-1-4-15(14-16)5-2-8-20-9-11-21(12-10-20)18(22)17-7-3-13-23-17;/h1,3-4,6-7,13-14H,2,5,8-12H2;1H. The largest absolute Gasteiger partial charge is 0.459 e. The fraction of sp³-hybridized carbons (Fsp3) is 0.389. The van der Waals surface area contributed by atoms with Crippen molar-refractivity contribution in [3.05, 3.63) is 59.0 Å². The van der Waals surface area contributed by atoms with Crippen molar-refractivity contribution in [3.63, 3.8) is 0 Å². The molecule has 0 spiro atoms.